The molecule has 3 aromatic carbocycles. The van der Waals surface area contributed by atoms with Gasteiger partial charge in [-0.2, -0.15) is 23.5 Å². The molecular weight excluding hydrogens is 1030 g/mol. The Balaban J connectivity index is 0.000000127. The lowest BCUT2D eigenvalue weighted by Crippen LogP contribution is -2.34. The molecule has 366 valence electrons. The van der Waals surface area contributed by atoms with Crippen molar-refractivity contribution in [3.8, 4) is 34.2 Å². The van der Waals surface area contributed by atoms with Gasteiger partial charge in [0.05, 0.1) is 22.9 Å². The quantitative estimate of drug-likeness (QED) is 0.0890. The van der Waals surface area contributed by atoms with E-state index in [0.29, 0.717) is 22.2 Å². The summed E-state index contributed by atoms with van der Waals surface area (Å²) in [6, 6.07) is 32.7. The van der Waals surface area contributed by atoms with E-state index in [0.717, 1.165) is 138 Å². The van der Waals surface area contributed by atoms with Crippen LogP contribution in [0.2, 0.25) is 10.3 Å². The van der Waals surface area contributed by atoms with Crippen LogP contribution in [0.15, 0.2) is 108 Å². The fraction of sp³-hybridized carbons (Fsp3) is 0.345. The summed E-state index contributed by atoms with van der Waals surface area (Å²) in [5, 5.41) is 16.5. The van der Waals surface area contributed by atoms with Crippen LogP contribution in [0.25, 0.3) is 57.3 Å². The van der Waals surface area contributed by atoms with E-state index in [1.165, 1.54) is 52.9 Å². The fourth-order valence-corrected chi connectivity index (χ4v) is 12.3. The van der Waals surface area contributed by atoms with Crippen molar-refractivity contribution in [1.29, 1.82) is 0 Å². The van der Waals surface area contributed by atoms with Gasteiger partial charge in [-0.05, 0) is 49.5 Å². The molecule has 0 unspecified atom stereocenters. The molecule has 71 heavy (non-hydrogen) atoms. The minimum Gasteiger partial charge on any atom is -0.393 e. The molecule has 3 aliphatic carbocycles. The number of nitrogens with one attached hydrogen (secondary N) is 2. The number of allylic oxidation sites excluding steroid dienone is 1. The molecule has 0 amide bonds. The van der Waals surface area contributed by atoms with Crippen LogP contribution in [0.3, 0.4) is 0 Å². The van der Waals surface area contributed by atoms with E-state index in [1.54, 1.807) is 0 Å². The van der Waals surface area contributed by atoms with Crippen LogP contribution in [0, 0.1) is 0 Å². The Morgan fingerprint density at radius 2 is 1.08 bits per heavy atom. The molecule has 2 saturated heterocycles. The minimum atomic E-state index is -0.157. The van der Waals surface area contributed by atoms with Crippen LogP contribution in [-0.2, 0) is 19.4 Å². The second-order valence-corrected chi connectivity index (χ2v) is 22.2. The van der Waals surface area contributed by atoms with Crippen molar-refractivity contribution in [1.82, 2.24) is 44.7 Å². The Hall–Kier alpha value is -4.64. The largest absolute Gasteiger partial charge is 0.393 e. The summed E-state index contributed by atoms with van der Waals surface area (Å²) in [5.41, 5.74) is 11.8. The van der Waals surface area contributed by atoms with Crippen molar-refractivity contribution in [2.45, 2.75) is 57.2 Å². The Morgan fingerprint density at radius 3 is 1.61 bits per heavy atom. The number of aromatic amines is 1. The average Bonchev–Trinajstić information content (AvgIpc) is 4.16. The number of thioether (sulfide) groups is 2. The summed E-state index contributed by atoms with van der Waals surface area (Å²) >= 11 is 20.2. The number of H-pyrrole nitrogens is 1. The number of nitrogens with zero attached hydrogens (tertiary/aromatic N) is 8. The Labute approximate surface area is 443 Å². The normalized spacial score (nSPS) is 18.9. The third kappa shape index (κ3) is 12.8. The van der Waals surface area contributed by atoms with Gasteiger partial charge in [-0.15, -0.1) is 0 Å². The van der Waals surface area contributed by atoms with Gasteiger partial charge in [-0.1, -0.05) is 136 Å². The fourth-order valence-electron chi connectivity index (χ4n) is 9.52. The molecule has 5 aliphatic rings. The second kappa shape index (κ2) is 23.9. The molecule has 4 aromatic heterocycles. The van der Waals surface area contributed by atoms with Gasteiger partial charge < -0.3 is 15.4 Å². The average molecular weight is 1090 g/mol. The summed E-state index contributed by atoms with van der Waals surface area (Å²) in [6.45, 7) is 6.56. The number of hydrogen-bond donors (Lipinski definition) is 3. The van der Waals surface area contributed by atoms with Gasteiger partial charge >= 0.3 is 0 Å². The molecule has 0 atom stereocenters. The Bertz CT molecular complexity index is 2980. The highest BCUT2D eigenvalue weighted by atomic mass is 79.9. The highest BCUT2D eigenvalue weighted by Gasteiger charge is 2.25. The van der Waals surface area contributed by atoms with Gasteiger partial charge in [0.15, 0.2) is 17.5 Å². The topological polar surface area (TPSA) is 132 Å². The van der Waals surface area contributed by atoms with Crippen LogP contribution in [0.4, 0.5) is 5.82 Å². The van der Waals surface area contributed by atoms with E-state index in [4.69, 9.17) is 38.2 Å². The maximum Gasteiger partial charge on any atom is 0.163 e. The molecular formula is C55H57BrCl2N10OS2. The Kier molecular flexibility index (Phi) is 16.8. The number of aromatic nitrogens is 7. The molecule has 0 bridgehead atoms. The summed E-state index contributed by atoms with van der Waals surface area (Å²) in [7, 11) is 0. The summed E-state index contributed by atoms with van der Waals surface area (Å²) in [5.74, 6) is 7.94. The predicted molar refractivity (Wildman–Crippen MR) is 300 cm³/mol. The molecule has 16 heteroatoms. The van der Waals surface area contributed by atoms with Gasteiger partial charge in [0.25, 0.3) is 0 Å². The molecule has 3 N–H and O–H groups in total. The third-order valence-electron chi connectivity index (χ3n) is 13.3. The SMILES string of the molecule is Clc1nc(-c2ccccc2)nc2c1C=C(CBr)C2.Clc1nc(-c2ccccc2)nc2c1C=C(CN1CCSCC1)C2.OC1CCC(Nc2nc(-c3ccccc3)nc3[nH]c(CN4CCSCC4)cc23)CC1. The lowest BCUT2D eigenvalue weighted by Gasteiger charge is -2.26. The first kappa shape index (κ1) is 49.9. The first-order valence-corrected chi connectivity index (χ1v) is 28.7. The van der Waals surface area contributed by atoms with Gasteiger partial charge in [0, 0.05) is 120 Å². The lowest BCUT2D eigenvalue weighted by atomic mass is 9.93. The second-order valence-electron chi connectivity index (χ2n) is 18.5. The van der Waals surface area contributed by atoms with Crippen molar-refractivity contribution in [3.63, 3.8) is 0 Å². The van der Waals surface area contributed by atoms with Crippen LogP contribution in [-0.4, -0.2) is 123 Å². The van der Waals surface area contributed by atoms with Crippen molar-refractivity contribution >= 4 is 91.7 Å². The monoisotopic (exact) mass is 1090 g/mol. The number of benzene rings is 3. The Morgan fingerprint density at radius 1 is 0.606 bits per heavy atom. The maximum atomic E-state index is 9.85. The molecule has 2 aliphatic heterocycles. The number of fused-ring (bicyclic) bond motifs is 3. The molecule has 3 fully saturated rings. The number of anilines is 1. The zero-order valence-electron chi connectivity index (χ0n) is 39.5. The van der Waals surface area contributed by atoms with Crippen molar-refractivity contribution < 1.29 is 5.11 Å². The number of aliphatic hydroxyl groups is 1. The molecule has 12 rings (SSSR count). The number of hydrogen-bond acceptors (Lipinski definition) is 12. The standard InChI is InChI=1S/C23H29N5OS.C18H18ClN3S.C14H10BrClN2/c29-19-8-6-17(7-9-19)24-22-20-14-18(15-28-10-12-30-13-11-28)25-23(20)27-21(26-22)16-4-2-1-3-5-16;19-17-15-10-13(12-22-6-8-23-9-7-22)11-16(15)20-18(21-17)14-4-2-1-3-5-14;15-8-9-6-11-12(7-9)17-14(18-13(11)16)10-4-2-1-3-5-10/h1-5,14,17,19,29H,6-13,15H2,(H2,24,25,26,27);1-5,10H,6-9,11-12H2;1-6H,7-8H2. The number of alkyl halides is 1. The smallest absolute Gasteiger partial charge is 0.163 e. The van der Waals surface area contributed by atoms with E-state index in [9.17, 15) is 5.11 Å². The van der Waals surface area contributed by atoms with E-state index >= 15 is 0 Å². The zero-order chi connectivity index (χ0) is 48.5. The maximum absolute atomic E-state index is 9.85. The van der Waals surface area contributed by atoms with Crippen LogP contribution >= 0.6 is 62.7 Å². The van der Waals surface area contributed by atoms with Crippen molar-refractivity contribution in [2.24, 2.45) is 0 Å². The van der Waals surface area contributed by atoms with E-state index in [-0.39, 0.29) is 6.10 Å². The van der Waals surface area contributed by atoms with Crippen molar-refractivity contribution in [2.75, 3.05) is 66.4 Å². The van der Waals surface area contributed by atoms with Gasteiger partial charge in [0.2, 0.25) is 0 Å². The molecule has 0 spiro atoms. The molecule has 1 saturated carbocycles. The van der Waals surface area contributed by atoms with Gasteiger partial charge in [-0.25, -0.2) is 29.9 Å². The third-order valence-corrected chi connectivity index (χ3v) is 16.5. The number of aliphatic hydroxyl groups excluding tert-OH is 1. The molecule has 11 nitrogen and oxygen atoms in total. The van der Waals surface area contributed by atoms with Crippen molar-refractivity contribution in [3.05, 3.63) is 147 Å². The molecule has 6 heterocycles. The van der Waals surface area contributed by atoms with Crippen LogP contribution < -0.4 is 5.32 Å². The summed E-state index contributed by atoms with van der Waals surface area (Å²) < 4.78 is 0. The minimum absolute atomic E-state index is 0.157. The van der Waals surface area contributed by atoms with E-state index in [2.05, 4.69) is 81.3 Å². The molecule has 0 radical (unpaired) electrons. The number of rotatable bonds is 10. The highest BCUT2D eigenvalue weighted by molar-refractivity contribution is 9.09. The zero-order valence-corrected chi connectivity index (χ0v) is 44.3. The summed E-state index contributed by atoms with van der Waals surface area (Å²) in [6.07, 6.45) is 9.48. The van der Waals surface area contributed by atoms with E-state index < -0.39 is 0 Å². The van der Waals surface area contributed by atoms with Gasteiger partial charge in [0.1, 0.15) is 21.8 Å². The first-order chi connectivity index (χ1) is 34.8. The van der Waals surface area contributed by atoms with E-state index in [1.807, 2.05) is 102 Å². The first-order valence-electron chi connectivity index (χ1n) is 24.5. The number of halogens is 3. The van der Waals surface area contributed by atoms with Gasteiger partial charge in [-0.3, -0.25) is 9.80 Å². The molecule has 7 aromatic rings. The summed E-state index contributed by atoms with van der Waals surface area (Å²) in [4.78, 5) is 36.6. The van der Waals surface area contributed by atoms with Crippen LogP contribution in [0.1, 0.15) is 53.9 Å². The van der Waals surface area contributed by atoms with Crippen LogP contribution in [0.5, 0.6) is 0 Å². The highest BCUT2D eigenvalue weighted by Crippen LogP contribution is 2.34. The lowest BCUT2D eigenvalue weighted by molar-refractivity contribution is 0.126. The predicted octanol–water partition coefficient (Wildman–Crippen LogP) is 11.8.